The summed E-state index contributed by atoms with van der Waals surface area (Å²) in [5, 5.41) is 8.47. The van der Waals surface area contributed by atoms with Gasteiger partial charge in [-0.25, -0.2) is 4.79 Å². The van der Waals surface area contributed by atoms with Crippen LogP contribution in [0.4, 0.5) is 21.9 Å². The Morgan fingerprint density at radius 3 is 2.30 bits per heavy atom. The highest BCUT2D eigenvalue weighted by atomic mass is 16.3. The molecule has 0 aliphatic carbocycles. The van der Waals surface area contributed by atoms with E-state index in [1.807, 2.05) is 25.9 Å². The zero-order valence-corrected chi connectivity index (χ0v) is 17.3. The van der Waals surface area contributed by atoms with Crippen LogP contribution < -0.4 is 20.9 Å². The van der Waals surface area contributed by atoms with E-state index in [-0.39, 0.29) is 23.7 Å². The fourth-order valence-electron chi connectivity index (χ4n) is 3.00. The zero-order valence-electron chi connectivity index (χ0n) is 17.3. The maximum Gasteiger partial charge on any atom is 0.319 e. The Balaban J connectivity index is 1.52. The topological polar surface area (TPSA) is 86.6 Å². The maximum atomic E-state index is 12.3. The van der Waals surface area contributed by atoms with E-state index >= 15 is 0 Å². The second-order valence-corrected chi connectivity index (χ2v) is 7.28. The van der Waals surface area contributed by atoms with Crippen molar-refractivity contribution in [3.8, 4) is 0 Å². The van der Waals surface area contributed by atoms with Crippen LogP contribution in [0.15, 0.2) is 71.3 Å². The van der Waals surface area contributed by atoms with Gasteiger partial charge < -0.3 is 25.3 Å². The van der Waals surface area contributed by atoms with Crippen LogP contribution in [0.2, 0.25) is 0 Å². The molecule has 1 unspecified atom stereocenters. The van der Waals surface area contributed by atoms with Crippen molar-refractivity contribution in [3.05, 3.63) is 78.3 Å². The highest BCUT2D eigenvalue weighted by Crippen LogP contribution is 2.17. The third-order valence-electron chi connectivity index (χ3n) is 4.50. The van der Waals surface area contributed by atoms with Crippen LogP contribution in [0.5, 0.6) is 0 Å². The van der Waals surface area contributed by atoms with Crippen molar-refractivity contribution in [1.82, 2.24) is 5.32 Å². The summed E-state index contributed by atoms with van der Waals surface area (Å²) in [5.41, 5.74) is 3.42. The number of hydrogen-bond acceptors (Lipinski definition) is 4. The largest absolute Gasteiger partial charge is 0.459 e. The SMILES string of the molecule is CC(Cc1ccc(N(C)C)cc1)NC(=O)Nc1cccc(NC(=O)c2ccco2)c1. The van der Waals surface area contributed by atoms with Gasteiger partial charge in [-0.3, -0.25) is 4.79 Å². The number of urea groups is 1. The minimum Gasteiger partial charge on any atom is -0.459 e. The average Bonchev–Trinajstić information content (AvgIpc) is 3.23. The van der Waals surface area contributed by atoms with E-state index in [0.717, 1.165) is 17.7 Å². The quantitative estimate of drug-likeness (QED) is 0.544. The molecular formula is C23H26N4O3. The molecule has 0 spiro atoms. The molecule has 0 aliphatic rings. The van der Waals surface area contributed by atoms with Crippen LogP contribution in [0, 0.1) is 0 Å². The lowest BCUT2D eigenvalue weighted by Crippen LogP contribution is -2.37. The molecule has 3 aromatic rings. The van der Waals surface area contributed by atoms with Crippen LogP contribution in [0.3, 0.4) is 0 Å². The van der Waals surface area contributed by atoms with Gasteiger partial charge in [0, 0.05) is 37.2 Å². The van der Waals surface area contributed by atoms with Crippen molar-refractivity contribution in [2.75, 3.05) is 29.6 Å². The zero-order chi connectivity index (χ0) is 21.5. The monoisotopic (exact) mass is 406 g/mol. The molecule has 1 aromatic heterocycles. The number of carbonyl (C=O) groups excluding carboxylic acids is 2. The number of hydrogen-bond donors (Lipinski definition) is 3. The Kier molecular flexibility index (Phi) is 6.75. The molecule has 3 N–H and O–H groups in total. The van der Waals surface area contributed by atoms with Gasteiger partial charge in [0.25, 0.3) is 5.91 Å². The van der Waals surface area contributed by atoms with Gasteiger partial charge in [-0.1, -0.05) is 18.2 Å². The molecule has 156 valence electrons. The number of carbonyl (C=O) groups is 2. The number of nitrogens with zero attached hydrogens (tertiary/aromatic N) is 1. The Morgan fingerprint density at radius 2 is 1.67 bits per heavy atom. The lowest BCUT2D eigenvalue weighted by molar-refractivity contribution is 0.0996. The van der Waals surface area contributed by atoms with Crippen molar-refractivity contribution in [2.24, 2.45) is 0 Å². The van der Waals surface area contributed by atoms with Crippen LogP contribution >= 0.6 is 0 Å². The van der Waals surface area contributed by atoms with Crippen molar-refractivity contribution < 1.29 is 14.0 Å². The minimum absolute atomic E-state index is 0.0444. The number of benzene rings is 2. The second kappa shape index (κ2) is 9.65. The summed E-state index contributed by atoms with van der Waals surface area (Å²) in [6, 6.07) is 18.1. The summed E-state index contributed by atoms with van der Waals surface area (Å²) in [4.78, 5) is 26.5. The van der Waals surface area contributed by atoms with Crippen molar-refractivity contribution in [1.29, 1.82) is 0 Å². The third kappa shape index (κ3) is 5.88. The van der Waals surface area contributed by atoms with Gasteiger partial charge in [0.1, 0.15) is 0 Å². The molecule has 0 saturated carbocycles. The molecule has 30 heavy (non-hydrogen) atoms. The molecule has 0 bridgehead atoms. The van der Waals surface area contributed by atoms with Crippen LogP contribution in [0.1, 0.15) is 23.0 Å². The number of rotatable bonds is 7. The first-order valence-corrected chi connectivity index (χ1v) is 9.69. The summed E-state index contributed by atoms with van der Waals surface area (Å²) < 4.78 is 5.08. The summed E-state index contributed by atoms with van der Waals surface area (Å²) in [5.74, 6) is -0.131. The van der Waals surface area contributed by atoms with Crippen molar-refractivity contribution in [2.45, 2.75) is 19.4 Å². The first kappa shape index (κ1) is 21.0. The maximum absolute atomic E-state index is 12.3. The molecule has 0 radical (unpaired) electrons. The molecule has 1 heterocycles. The standard InChI is InChI=1S/C23H26N4O3/c1-16(14-17-9-11-20(12-10-17)27(2)3)24-23(29)26-19-7-4-6-18(15-19)25-22(28)21-8-5-13-30-21/h4-13,15-16H,14H2,1-3H3,(H,25,28)(H2,24,26,29). The van der Waals surface area contributed by atoms with E-state index in [1.165, 1.54) is 6.26 Å². The van der Waals surface area contributed by atoms with E-state index in [0.29, 0.717) is 11.4 Å². The highest BCUT2D eigenvalue weighted by molar-refractivity contribution is 6.02. The molecule has 3 amide bonds. The minimum atomic E-state index is -0.351. The Labute approximate surface area is 176 Å². The van der Waals surface area contributed by atoms with Crippen LogP contribution in [-0.4, -0.2) is 32.1 Å². The molecule has 7 nitrogen and oxygen atoms in total. The number of amides is 3. The Bertz CT molecular complexity index is 982. The van der Waals surface area contributed by atoms with E-state index in [4.69, 9.17) is 4.42 Å². The Morgan fingerprint density at radius 1 is 0.967 bits per heavy atom. The lowest BCUT2D eigenvalue weighted by atomic mass is 10.1. The highest BCUT2D eigenvalue weighted by Gasteiger charge is 2.11. The van der Waals surface area contributed by atoms with Gasteiger partial charge in [0.05, 0.1) is 6.26 Å². The van der Waals surface area contributed by atoms with Gasteiger partial charge in [0.2, 0.25) is 0 Å². The van der Waals surface area contributed by atoms with Crippen molar-refractivity contribution in [3.63, 3.8) is 0 Å². The van der Waals surface area contributed by atoms with Gasteiger partial charge in [-0.2, -0.15) is 0 Å². The number of anilines is 3. The molecule has 2 aromatic carbocycles. The van der Waals surface area contributed by atoms with E-state index in [9.17, 15) is 9.59 Å². The average molecular weight is 406 g/mol. The van der Waals surface area contributed by atoms with Gasteiger partial charge in [-0.15, -0.1) is 0 Å². The summed E-state index contributed by atoms with van der Waals surface area (Å²) in [7, 11) is 4.00. The predicted molar refractivity (Wildman–Crippen MR) is 119 cm³/mol. The summed E-state index contributed by atoms with van der Waals surface area (Å²) >= 11 is 0. The molecule has 0 saturated heterocycles. The van der Waals surface area contributed by atoms with Crippen molar-refractivity contribution >= 4 is 29.0 Å². The van der Waals surface area contributed by atoms with Crippen LogP contribution in [-0.2, 0) is 6.42 Å². The predicted octanol–water partition coefficient (Wildman–Crippen LogP) is 4.35. The van der Waals surface area contributed by atoms with Gasteiger partial charge in [-0.05, 0) is 61.4 Å². The normalized spacial score (nSPS) is 11.4. The smallest absolute Gasteiger partial charge is 0.319 e. The molecule has 1 atom stereocenters. The van der Waals surface area contributed by atoms with E-state index in [2.05, 4.69) is 40.2 Å². The van der Waals surface area contributed by atoms with E-state index < -0.39 is 0 Å². The third-order valence-corrected chi connectivity index (χ3v) is 4.50. The lowest BCUT2D eigenvalue weighted by Gasteiger charge is -2.16. The molecule has 0 fully saturated rings. The number of furan rings is 1. The van der Waals surface area contributed by atoms with Crippen LogP contribution in [0.25, 0.3) is 0 Å². The van der Waals surface area contributed by atoms with Gasteiger partial charge >= 0.3 is 6.03 Å². The fourth-order valence-corrected chi connectivity index (χ4v) is 3.00. The molecular weight excluding hydrogens is 380 g/mol. The van der Waals surface area contributed by atoms with E-state index in [1.54, 1.807) is 36.4 Å². The first-order valence-electron chi connectivity index (χ1n) is 9.69. The summed E-state index contributed by atoms with van der Waals surface area (Å²) in [6.45, 7) is 1.96. The molecule has 0 aliphatic heterocycles. The molecule has 3 rings (SSSR count). The number of nitrogens with one attached hydrogen (secondary N) is 3. The summed E-state index contributed by atoms with van der Waals surface area (Å²) in [6.07, 6.45) is 2.16. The molecule has 7 heteroatoms. The fraction of sp³-hybridized carbons (Fsp3) is 0.217. The second-order valence-electron chi connectivity index (χ2n) is 7.28. The Hall–Kier alpha value is -3.74. The first-order chi connectivity index (χ1) is 14.4. The van der Waals surface area contributed by atoms with Gasteiger partial charge in [0.15, 0.2) is 5.76 Å².